The fourth-order valence-corrected chi connectivity index (χ4v) is 4.40. The van der Waals surface area contributed by atoms with Crippen LogP contribution in [0.3, 0.4) is 0 Å². The van der Waals surface area contributed by atoms with Gasteiger partial charge < -0.3 is 0 Å². The molecule has 0 spiro atoms. The molecule has 0 bridgehead atoms. The highest BCUT2D eigenvalue weighted by Gasteiger charge is 2.55. The summed E-state index contributed by atoms with van der Waals surface area (Å²) in [5.74, 6) is 3.05. The molecule has 112 valence electrons. The molecule has 21 heavy (non-hydrogen) atoms. The number of aromatic nitrogens is 3. The van der Waals surface area contributed by atoms with Gasteiger partial charge in [-0.3, -0.25) is 4.68 Å². The van der Waals surface area contributed by atoms with Gasteiger partial charge in [-0.15, -0.1) is 5.10 Å². The van der Waals surface area contributed by atoms with Gasteiger partial charge in [0.25, 0.3) is 0 Å². The van der Waals surface area contributed by atoms with E-state index in [1.165, 1.54) is 24.2 Å². The lowest BCUT2D eigenvalue weighted by atomic mass is 9.53. The van der Waals surface area contributed by atoms with Crippen LogP contribution >= 0.6 is 0 Å². The van der Waals surface area contributed by atoms with Gasteiger partial charge in [0.1, 0.15) is 14.6 Å². The maximum Gasteiger partial charge on any atom is 0.139 e. The van der Waals surface area contributed by atoms with Gasteiger partial charge in [-0.2, -0.15) is 0 Å². The smallest absolute Gasteiger partial charge is 0.139 e. The summed E-state index contributed by atoms with van der Waals surface area (Å²) in [6.45, 7) is 11.3. The summed E-state index contributed by atoms with van der Waals surface area (Å²) in [5.41, 5.74) is 2.65. The minimum absolute atomic E-state index is 0.354. The molecule has 0 aliphatic heterocycles. The first-order valence-corrected chi connectivity index (χ1v) is 8.52. The third-order valence-electron chi connectivity index (χ3n) is 6.10. The predicted molar refractivity (Wildman–Crippen MR) is 89.1 cm³/mol. The average molecular weight is 283 g/mol. The van der Waals surface area contributed by atoms with Crippen LogP contribution in [0, 0.1) is 17.8 Å². The molecule has 2 radical (unpaired) electrons. The second kappa shape index (κ2) is 5.48. The summed E-state index contributed by atoms with van der Waals surface area (Å²) in [7, 11) is 4.61. The minimum Gasteiger partial charge on any atom is -0.255 e. The first kappa shape index (κ1) is 15.2. The molecule has 0 amide bonds. The van der Waals surface area contributed by atoms with Crippen LogP contribution in [0.5, 0.6) is 0 Å². The molecule has 2 unspecified atom stereocenters. The Morgan fingerprint density at radius 2 is 1.86 bits per heavy atom. The Morgan fingerprint density at radius 3 is 2.48 bits per heavy atom. The van der Waals surface area contributed by atoms with E-state index < -0.39 is 0 Å². The second-order valence-electron chi connectivity index (χ2n) is 7.54. The minimum atomic E-state index is 0.354. The van der Waals surface area contributed by atoms with Crippen LogP contribution in [0.15, 0.2) is 0 Å². The van der Waals surface area contributed by atoms with Gasteiger partial charge >= 0.3 is 0 Å². The van der Waals surface area contributed by atoms with Crippen molar-refractivity contribution in [1.82, 2.24) is 15.0 Å². The van der Waals surface area contributed by atoms with Crippen LogP contribution in [-0.2, 0) is 12.8 Å². The van der Waals surface area contributed by atoms with Gasteiger partial charge in [0.2, 0.25) is 0 Å². The SMILES string of the molecule is C[B]C(C)n1nnc2c1CC[C@@H]1C(C(C)(C)[B]C)[C@@H]1CC2. The summed E-state index contributed by atoms with van der Waals surface area (Å²) in [6, 6.07) is 0. The lowest BCUT2D eigenvalue weighted by Crippen LogP contribution is -2.16. The highest BCUT2D eigenvalue weighted by molar-refractivity contribution is 6.38. The van der Waals surface area contributed by atoms with E-state index >= 15 is 0 Å². The summed E-state index contributed by atoms with van der Waals surface area (Å²) in [5, 5.41) is 9.26. The van der Waals surface area contributed by atoms with E-state index in [1.54, 1.807) is 0 Å². The molecule has 1 fully saturated rings. The van der Waals surface area contributed by atoms with Gasteiger partial charge in [0.15, 0.2) is 0 Å². The van der Waals surface area contributed by atoms with E-state index in [-0.39, 0.29) is 0 Å². The molecule has 1 aromatic heterocycles. The molecular formula is C16H27B2N3. The van der Waals surface area contributed by atoms with Gasteiger partial charge in [-0.1, -0.05) is 44.9 Å². The van der Waals surface area contributed by atoms with Crippen molar-refractivity contribution in [3.63, 3.8) is 0 Å². The van der Waals surface area contributed by atoms with E-state index in [0.717, 1.165) is 30.6 Å². The summed E-state index contributed by atoms with van der Waals surface area (Å²) >= 11 is 0. The number of rotatable bonds is 4. The molecule has 1 saturated carbocycles. The lowest BCUT2D eigenvalue weighted by Gasteiger charge is -2.23. The van der Waals surface area contributed by atoms with E-state index in [9.17, 15) is 0 Å². The van der Waals surface area contributed by atoms with Crippen molar-refractivity contribution in [1.29, 1.82) is 0 Å². The maximum atomic E-state index is 4.47. The monoisotopic (exact) mass is 283 g/mol. The molecule has 4 atom stereocenters. The largest absolute Gasteiger partial charge is 0.255 e. The number of hydrogen-bond donors (Lipinski definition) is 0. The van der Waals surface area contributed by atoms with Crippen LogP contribution < -0.4 is 0 Å². The fourth-order valence-electron chi connectivity index (χ4n) is 4.40. The Kier molecular flexibility index (Phi) is 3.96. The van der Waals surface area contributed by atoms with Gasteiger partial charge in [0.05, 0.1) is 11.4 Å². The Balaban J connectivity index is 1.77. The van der Waals surface area contributed by atoms with Crippen LogP contribution in [-0.4, -0.2) is 29.6 Å². The first-order valence-electron chi connectivity index (χ1n) is 8.52. The van der Waals surface area contributed by atoms with Gasteiger partial charge in [0, 0.05) is 5.94 Å². The molecule has 5 heteroatoms. The topological polar surface area (TPSA) is 30.7 Å². The molecule has 0 aromatic carbocycles. The zero-order chi connectivity index (χ0) is 15.2. The lowest BCUT2D eigenvalue weighted by molar-refractivity contribution is 0.502. The van der Waals surface area contributed by atoms with E-state index in [1.807, 2.05) is 0 Å². The third-order valence-corrected chi connectivity index (χ3v) is 6.10. The first-order chi connectivity index (χ1) is 9.99. The molecule has 1 heterocycles. The number of fused-ring (bicyclic) bond motifs is 2. The highest BCUT2D eigenvalue weighted by Crippen LogP contribution is 2.63. The highest BCUT2D eigenvalue weighted by atomic mass is 15.4. The normalized spacial score (nSPS) is 29.7. The second-order valence-corrected chi connectivity index (χ2v) is 7.54. The molecule has 2 aliphatic rings. The van der Waals surface area contributed by atoms with Crippen LogP contribution in [0.2, 0.25) is 19.0 Å². The van der Waals surface area contributed by atoms with Crippen molar-refractivity contribution >= 4 is 14.6 Å². The quantitative estimate of drug-likeness (QED) is 0.794. The van der Waals surface area contributed by atoms with Crippen molar-refractivity contribution in [3.8, 4) is 0 Å². The predicted octanol–water partition coefficient (Wildman–Crippen LogP) is 3.24. The average Bonchev–Trinajstić information content (AvgIpc) is 3.01. The van der Waals surface area contributed by atoms with E-state index in [4.69, 9.17) is 0 Å². The summed E-state index contributed by atoms with van der Waals surface area (Å²) in [4.78, 5) is 0. The van der Waals surface area contributed by atoms with E-state index in [2.05, 4.69) is 64.0 Å². The van der Waals surface area contributed by atoms with Crippen molar-refractivity contribution in [2.45, 2.75) is 71.4 Å². The Hall–Kier alpha value is -0.730. The molecule has 1 aromatic rings. The third kappa shape index (κ3) is 2.57. The number of nitrogens with zero attached hydrogens (tertiary/aromatic N) is 3. The molecule has 3 rings (SSSR count). The Bertz CT molecular complexity index is 512. The molecule has 0 saturated heterocycles. The van der Waals surface area contributed by atoms with Crippen molar-refractivity contribution in [2.75, 3.05) is 0 Å². The van der Waals surface area contributed by atoms with Crippen molar-refractivity contribution < 1.29 is 0 Å². The Morgan fingerprint density at radius 1 is 1.19 bits per heavy atom. The van der Waals surface area contributed by atoms with Crippen LogP contribution in [0.1, 0.15) is 50.9 Å². The number of hydrogen-bond acceptors (Lipinski definition) is 2. The molecular weight excluding hydrogens is 256 g/mol. The zero-order valence-corrected chi connectivity index (χ0v) is 14.1. The standard InChI is InChI=1S/C16H27B2N3/c1-10(17-4)21-14-9-7-12-11(6-8-13(14)19-20-21)15(12)16(2,3)18-5/h10-12,15H,6-9H2,1-5H3/t10?,11-,12+,15?/m1/s1. The van der Waals surface area contributed by atoms with Gasteiger partial charge in [-0.05, 0) is 43.4 Å². The molecule has 0 N–H and O–H groups in total. The van der Waals surface area contributed by atoms with Crippen LogP contribution in [0.25, 0.3) is 0 Å². The Labute approximate surface area is 130 Å². The van der Waals surface area contributed by atoms with Crippen molar-refractivity contribution in [2.24, 2.45) is 17.8 Å². The van der Waals surface area contributed by atoms with Gasteiger partial charge in [-0.25, -0.2) is 0 Å². The molecule has 2 aliphatic carbocycles. The summed E-state index contributed by atoms with van der Waals surface area (Å²) < 4.78 is 2.14. The molecule has 3 nitrogen and oxygen atoms in total. The number of aryl methyl sites for hydroxylation is 1. The van der Waals surface area contributed by atoms with Crippen LogP contribution in [0.4, 0.5) is 0 Å². The van der Waals surface area contributed by atoms with Crippen molar-refractivity contribution in [3.05, 3.63) is 11.4 Å². The zero-order valence-electron chi connectivity index (χ0n) is 14.1. The maximum absolute atomic E-state index is 4.47. The van der Waals surface area contributed by atoms with E-state index in [0.29, 0.717) is 11.3 Å². The summed E-state index contributed by atoms with van der Waals surface area (Å²) in [6.07, 6.45) is 4.87. The fraction of sp³-hybridized carbons (Fsp3) is 0.875.